The first kappa shape index (κ1) is 11.6. The zero-order valence-corrected chi connectivity index (χ0v) is 8.14. The first-order valence-electron chi connectivity index (χ1n) is 4.21. The van der Waals surface area contributed by atoms with E-state index in [1.807, 2.05) is 0 Å². The average Bonchev–Trinajstić information content (AvgIpc) is 2.14. The lowest BCUT2D eigenvalue weighted by Crippen LogP contribution is -2.09. The standard InChI is InChI=1S/C10H10F3NO/c1-7(2)6-15-9-5-3-4-8(14-9)10(11,12)13/h3-5H,1,6H2,2H3. The van der Waals surface area contributed by atoms with Crippen LogP contribution in [0.3, 0.4) is 0 Å². The Morgan fingerprint density at radius 2 is 2.13 bits per heavy atom. The molecule has 82 valence electrons. The molecule has 0 aliphatic heterocycles. The minimum atomic E-state index is -4.44. The monoisotopic (exact) mass is 217 g/mol. The van der Waals surface area contributed by atoms with Crippen molar-refractivity contribution in [2.45, 2.75) is 13.1 Å². The molecule has 5 heteroatoms. The molecule has 0 amide bonds. The molecule has 0 aliphatic carbocycles. The fraction of sp³-hybridized carbons (Fsp3) is 0.300. The molecule has 0 spiro atoms. The molecule has 0 fully saturated rings. The van der Waals surface area contributed by atoms with Gasteiger partial charge in [-0.2, -0.15) is 13.2 Å². The normalized spacial score (nSPS) is 11.2. The molecule has 15 heavy (non-hydrogen) atoms. The van der Waals surface area contributed by atoms with Crippen LogP contribution in [0, 0.1) is 0 Å². The van der Waals surface area contributed by atoms with Gasteiger partial charge in [0.25, 0.3) is 0 Å². The van der Waals surface area contributed by atoms with Gasteiger partial charge < -0.3 is 4.74 Å². The first-order valence-corrected chi connectivity index (χ1v) is 4.21. The van der Waals surface area contributed by atoms with Crippen LogP contribution >= 0.6 is 0 Å². The highest BCUT2D eigenvalue weighted by molar-refractivity contribution is 5.18. The highest BCUT2D eigenvalue weighted by Gasteiger charge is 2.32. The minimum absolute atomic E-state index is 0.0483. The SMILES string of the molecule is C=C(C)COc1cccc(C(F)(F)F)n1. The number of nitrogens with zero attached hydrogens (tertiary/aromatic N) is 1. The van der Waals surface area contributed by atoms with Crippen LogP contribution in [0.25, 0.3) is 0 Å². The molecule has 1 heterocycles. The third kappa shape index (κ3) is 3.61. The van der Waals surface area contributed by atoms with Gasteiger partial charge in [-0.3, -0.25) is 0 Å². The number of pyridine rings is 1. The predicted molar refractivity (Wildman–Crippen MR) is 49.5 cm³/mol. The Balaban J connectivity index is 2.79. The van der Waals surface area contributed by atoms with Crippen molar-refractivity contribution in [3.63, 3.8) is 0 Å². The lowest BCUT2D eigenvalue weighted by Gasteiger charge is -2.08. The maximum Gasteiger partial charge on any atom is 0.433 e. The predicted octanol–water partition coefficient (Wildman–Crippen LogP) is 3.06. The number of hydrogen-bond acceptors (Lipinski definition) is 2. The van der Waals surface area contributed by atoms with Crippen LogP contribution in [0.15, 0.2) is 30.4 Å². The molecule has 2 nitrogen and oxygen atoms in total. The Hall–Kier alpha value is -1.52. The van der Waals surface area contributed by atoms with Crippen molar-refractivity contribution in [2.75, 3.05) is 6.61 Å². The molecule has 0 unspecified atom stereocenters. The molecule has 1 aromatic rings. The molecule has 0 saturated heterocycles. The van der Waals surface area contributed by atoms with Crippen molar-refractivity contribution in [2.24, 2.45) is 0 Å². The van der Waals surface area contributed by atoms with Gasteiger partial charge in [0.1, 0.15) is 12.3 Å². The maximum absolute atomic E-state index is 12.2. The van der Waals surface area contributed by atoms with Gasteiger partial charge in [0.05, 0.1) is 0 Å². The number of halogens is 3. The van der Waals surface area contributed by atoms with Crippen molar-refractivity contribution < 1.29 is 17.9 Å². The van der Waals surface area contributed by atoms with Crippen LogP contribution in [0.5, 0.6) is 5.88 Å². The van der Waals surface area contributed by atoms with Gasteiger partial charge in [-0.25, -0.2) is 4.98 Å². The van der Waals surface area contributed by atoms with E-state index >= 15 is 0 Å². The van der Waals surface area contributed by atoms with E-state index in [-0.39, 0.29) is 12.5 Å². The lowest BCUT2D eigenvalue weighted by molar-refractivity contribution is -0.141. The van der Waals surface area contributed by atoms with Crippen LogP contribution in [0.4, 0.5) is 13.2 Å². The number of ether oxygens (including phenoxy) is 1. The van der Waals surface area contributed by atoms with E-state index in [2.05, 4.69) is 11.6 Å². The number of hydrogen-bond donors (Lipinski definition) is 0. The molecule has 0 saturated carbocycles. The average molecular weight is 217 g/mol. The van der Waals surface area contributed by atoms with E-state index in [4.69, 9.17) is 4.74 Å². The first-order chi connectivity index (χ1) is 6.89. The van der Waals surface area contributed by atoms with Crippen molar-refractivity contribution in [1.82, 2.24) is 4.98 Å². The van der Waals surface area contributed by atoms with Gasteiger partial charge in [0.2, 0.25) is 5.88 Å². The molecule has 0 aliphatic rings. The molecule has 0 N–H and O–H groups in total. The summed E-state index contributed by atoms with van der Waals surface area (Å²) in [6, 6.07) is 3.52. The van der Waals surface area contributed by atoms with E-state index in [1.165, 1.54) is 12.1 Å². The zero-order valence-electron chi connectivity index (χ0n) is 8.14. The molecule has 0 bridgehead atoms. The van der Waals surface area contributed by atoms with E-state index < -0.39 is 11.9 Å². The Morgan fingerprint density at radius 1 is 1.47 bits per heavy atom. The van der Waals surface area contributed by atoms with Gasteiger partial charge in [-0.05, 0) is 18.6 Å². The molecule has 1 rings (SSSR count). The smallest absolute Gasteiger partial charge is 0.433 e. The third-order valence-electron chi connectivity index (χ3n) is 1.48. The van der Waals surface area contributed by atoms with Crippen LogP contribution in [-0.2, 0) is 6.18 Å². The second-order valence-corrected chi connectivity index (χ2v) is 3.10. The second kappa shape index (κ2) is 4.33. The minimum Gasteiger partial charge on any atom is -0.473 e. The molecule has 0 atom stereocenters. The quantitative estimate of drug-likeness (QED) is 0.726. The van der Waals surface area contributed by atoms with Gasteiger partial charge in [0, 0.05) is 6.07 Å². The topological polar surface area (TPSA) is 22.1 Å². The highest BCUT2D eigenvalue weighted by atomic mass is 19.4. The molecule has 0 radical (unpaired) electrons. The van der Waals surface area contributed by atoms with Crippen LogP contribution in [0.1, 0.15) is 12.6 Å². The summed E-state index contributed by atoms with van der Waals surface area (Å²) in [7, 11) is 0. The summed E-state index contributed by atoms with van der Waals surface area (Å²) in [6.45, 7) is 5.44. The fourth-order valence-corrected chi connectivity index (χ4v) is 0.850. The van der Waals surface area contributed by atoms with E-state index in [0.29, 0.717) is 5.57 Å². The van der Waals surface area contributed by atoms with E-state index in [0.717, 1.165) is 6.07 Å². The molecule has 0 aromatic carbocycles. The summed E-state index contributed by atoms with van der Waals surface area (Å²) in [4.78, 5) is 3.33. The van der Waals surface area contributed by atoms with Crippen molar-refractivity contribution in [3.05, 3.63) is 36.0 Å². The van der Waals surface area contributed by atoms with Gasteiger partial charge in [-0.15, -0.1) is 0 Å². The lowest BCUT2D eigenvalue weighted by atomic mass is 10.3. The van der Waals surface area contributed by atoms with Gasteiger partial charge in [-0.1, -0.05) is 12.6 Å². The molecular formula is C10H10F3NO. The van der Waals surface area contributed by atoms with E-state index in [9.17, 15) is 13.2 Å². The summed E-state index contributed by atoms with van der Waals surface area (Å²) >= 11 is 0. The largest absolute Gasteiger partial charge is 0.473 e. The molecule has 1 aromatic heterocycles. The fourth-order valence-electron chi connectivity index (χ4n) is 0.850. The van der Waals surface area contributed by atoms with Crippen molar-refractivity contribution >= 4 is 0 Å². The van der Waals surface area contributed by atoms with Crippen LogP contribution in [0.2, 0.25) is 0 Å². The van der Waals surface area contributed by atoms with Gasteiger partial charge >= 0.3 is 6.18 Å². The zero-order chi connectivity index (χ0) is 11.5. The van der Waals surface area contributed by atoms with Crippen LogP contribution in [-0.4, -0.2) is 11.6 Å². The summed E-state index contributed by atoms with van der Waals surface area (Å²) in [5.41, 5.74) is -0.240. The second-order valence-electron chi connectivity index (χ2n) is 3.10. The Kier molecular flexibility index (Phi) is 3.34. The van der Waals surface area contributed by atoms with Gasteiger partial charge in [0.15, 0.2) is 0 Å². The van der Waals surface area contributed by atoms with Crippen LogP contribution < -0.4 is 4.74 Å². The maximum atomic E-state index is 12.2. The Bertz CT molecular complexity index is 360. The number of rotatable bonds is 3. The van der Waals surface area contributed by atoms with Crippen molar-refractivity contribution in [1.29, 1.82) is 0 Å². The number of alkyl halides is 3. The third-order valence-corrected chi connectivity index (χ3v) is 1.48. The van der Waals surface area contributed by atoms with Crippen molar-refractivity contribution in [3.8, 4) is 5.88 Å². The summed E-state index contributed by atoms with van der Waals surface area (Å²) < 4.78 is 41.7. The highest BCUT2D eigenvalue weighted by Crippen LogP contribution is 2.28. The summed E-state index contributed by atoms with van der Waals surface area (Å²) in [6.07, 6.45) is -4.44. The summed E-state index contributed by atoms with van der Waals surface area (Å²) in [5.74, 6) is -0.0483. The number of aromatic nitrogens is 1. The summed E-state index contributed by atoms with van der Waals surface area (Å²) in [5, 5.41) is 0. The Labute approximate surface area is 85.4 Å². The Morgan fingerprint density at radius 3 is 2.67 bits per heavy atom. The molecular weight excluding hydrogens is 207 g/mol. The van der Waals surface area contributed by atoms with E-state index in [1.54, 1.807) is 6.92 Å².